The average Bonchev–Trinajstić information content (AvgIpc) is 2.84. The van der Waals surface area contributed by atoms with Crippen molar-refractivity contribution in [2.24, 2.45) is 5.14 Å². The van der Waals surface area contributed by atoms with E-state index < -0.39 is 14.9 Å². The zero-order chi connectivity index (χ0) is 15.6. The van der Waals surface area contributed by atoms with Gasteiger partial charge in [0.15, 0.2) is 0 Å². The van der Waals surface area contributed by atoms with Crippen LogP contribution in [0, 0.1) is 10.1 Å². The molecular formula is C11H10BrN3O5S. The minimum Gasteiger partial charge on any atom is -0.446 e. The number of furan rings is 1. The number of nitrogens with two attached hydrogens (primary N) is 1. The number of primary sulfonamides is 1. The van der Waals surface area contributed by atoms with E-state index in [2.05, 4.69) is 21.2 Å². The highest BCUT2D eigenvalue weighted by atomic mass is 79.9. The van der Waals surface area contributed by atoms with Crippen molar-refractivity contribution in [2.75, 3.05) is 5.32 Å². The summed E-state index contributed by atoms with van der Waals surface area (Å²) < 4.78 is 27.5. The van der Waals surface area contributed by atoms with Gasteiger partial charge < -0.3 is 9.73 Å². The van der Waals surface area contributed by atoms with Crippen LogP contribution < -0.4 is 10.5 Å². The molecule has 0 aliphatic rings. The van der Waals surface area contributed by atoms with E-state index in [0.29, 0.717) is 15.9 Å². The van der Waals surface area contributed by atoms with E-state index in [-0.39, 0.29) is 17.3 Å². The van der Waals surface area contributed by atoms with Crippen LogP contribution in [0.3, 0.4) is 0 Å². The van der Waals surface area contributed by atoms with Crippen molar-refractivity contribution in [1.29, 1.82) is 0 Å². The van der Waals surface area contributed by atoms with Crippen LogP contribution in [-0.4, -0.2) is 13.3 Å². The summed E-state index contributed by atoms with van der Waals surface area (Å²) >= 11 is 3.10. The van der Waals surface area contributed by atoms with Crippen LogP contribution in [0.5, 0.6) is 0 Å². The summed E-state index contributed by atoms with van der Waals surface area (Å²) in [5, 5.41) is 18.2. The van der Waals surface area contributed by atoms with Gasteiger partial charge in [0.2, 0.25) is 5.09 Å². The third kappa shape index (κ3) is 3.80. The molecule has 0 spiro atoms. The molecule has 3 N–H and O–H groups in total. The minimum atomic E-state index is -3.86. The molecular weight excluding hydrogens is 366 g/mol. The fourth-order valence-electron chi connectivity index (χ4n) is 1.56. The Morgan fingerprint density at radius 2 is 2.05 bits per heavy atom. The highest BCUT2D eigenvalue weighted by molar-refractivity contribution is 9.10. The molecule has 0 aliphatic heterocycles. The number of anilines is 1. The number of halogens is 1. The van der Waals surface area contributed by atoms with Gasteiger partial charge in [0.05, 0.1) is 15.9 Å². The molecule has 0 saturated carbocycles. The van der Waals surface area contributed by atoms with E-state index in [9.17, 15) is 18.5 Å². The van der Waals surface area contributed by atoms with Crippen LogP contribution in [-0.2, 0) is 16.6 Å². The Kier molecular flexibility index (Phi) is 4.30. The molecule has 0 atom stereocenters. The highest BCUT2D eigenvalue weighted by Gasteiger charge is 2.14. The number of hydrogen-bond donors (Lipinski definition) is 2. The first-order valence-electron chi connectivity index (χ1n) is 5.56. The van der Waals surface area contributed by atoms with Crippen molar-refractivity contribution in [3.8, 4) is 0 Å². The monoisotopic (exact) mass is 375 g/mol. The van der Waals surface area contributed by atoms with Crippen LogP contribution in [0.4, 0.5) is 11.4 Å². The van der Waals surface area contributed by atoms with E-state index >= 15 is 0 Å². The lowest BCUT2D eigenvalue weighted by atomic mass is 10.3. The van der Waals surface area contributed by atoms with Crippen LogP contribution in [0.2, 0.25) is 0 Å². The van der Waals surface area contributed by atoms with Crippen molar-refractivity contribution in [3.05, 3.63) is 50.7 Å². The SMILES string of the molecule is NS(=O)(=O)c1ccc(CNc2ccc([N+](=O)[O-])c(Br)c2)o1. The van der Waals surface area contributed by atoms with Crippen molar-refractivity contribution in [2.45, 2.75) is 11.6 Å². The molecule has 1 aromatic heterocycles. The molecule has 1 aromatic carbocycles. The second-order valence-electron chi connectivity index (χ2n) is 4.04. The highest BCUT2D eigenvalue weighted by Crippen LogP contribution is 2.28. The zero-order valence-corrected chi connectivity index (χ0v) is 12.8. The fraction of sp³-hybridized carbons (Fsp3) is 0.0909. The average molecular weight is 376 g/mol. The van der Waals surface area contributed by atoms with Gasteiger partial charge in [-0.05, 0) is 40.2 Å². The second-order valence-corrected chi connectivity index (χ2v) is 6.39. The summed E-state index contributed by atoms with van der Waals surface area (Å²) in [6.45, 7) is 0.208. The Hall–Kier alpha value is -1.91. The molecule has 10 heteroatoms. The third-order valence-electron chi connectivity index (χ3n) is 2.53. The summed E-state index contributed by atoms with van der Waals surface area (Å²) in [6.07, 6.45) is 0. The number of rotatable bonds is 5. The van der Waals surface area contributed by atoms with Gasteiger partial charge in [0.25, 0.3) is 15.7 Å². The van der Waals surface area contributed by atoms with Crippen LogP contribution in [0.15, 0.2) is 44.3 Å². The molecule has 21 heavy (non-hydrogen) atoms. The maximum Gasteiger partial charge on any atom is 0.283 e. The van der Waals surface area contributed by atoms with Crippen LogP contribution >= 0.6 is 15.9 Å². The number of hydrogen-bond acceptors (Lipinski definition) is 6. The number of nitrogens with zero attached hydrogens (tertiary/aromatic N) is 1. The number of nitro groups is 1. The number of nitro benzene ring substituents is 1. The van der Waals surface area contributed by atoms with Gasteiger partial charge in [-0.15, -0.1) is 0 Å². The Balaban J connectivity index is 2.08. The molecule has 1 heterocycles. The second kappa shape index (κ2) is 5.84. The van der Waals surface area contributed by atoms with Gasteiger partial charge >= 0.3 is 0 Å². The van der Waals surface area contributed by atoms with E-state index in [1.54, 1.807) is 6.07 Å². The van der Waals surface area contributed by atoms with Crippen molar-refractivity contribution >= 4 is 37.3 Å². The predicted octanol–water partition coefficient (Wildman–Crippen LogP) is 2.21. The minimum absolute atomic E-state index is 0.0462. The van der Waals surface area contributed by atoms with Gasteiger partial charge in [0, 0.05) is 11.8 Å². The molecule has 0 saturated heterocycles. The molecule has 0 unspecified atom stereocenters. The maximum absolute atomic E-state index is 11.1. The topological polar surface area (TPSA) is 128 Å². The van der Waals surface area contributed by atoms with E-state index in [1.165, 1.54) is 24.3 Å². The first-order chi connectivity index (χ1) is 9.77. The summed E-state index contributed by atoms with van der Waals surface area (Å²) in [5.41, 5.74) is 0.566. The van der Waals surface area contributed by atoms with Crippen molar-refractivity contribution < 1.29 is 17.8 Å². The molecule has 8 nitrogen and oxygen atoms in total. The number of nitrogens with one attached hydrogen (secondary N) is 1. The Morgan fingerprint density at radius 3 is 2.57 bits per heavy atom. The quantitative estimate of drug-likeness (QED) is 0.608. The first kappa shape index (κ1) is 15.5. The Labute approximate surface area is 128 Å². The summed E-state index contributed by atoms with van der Waals surface area (Å²) in [5.74, 6) is 0.369. The lowest BCUT2D eigenvalue weighted by Crippen LogP contribution is -2.10. The van der Waals surface area contributed by atoms with E-state index in [1.807, 2.05) is 0 Å². The summed E-state index contributed by atoms with van der Waals surface area (Å²) in [4.78, 5) is 10.2. The van der Waals surface area contributed by atoms with Gasteiger partial charge in [0.1, 0.15) is 5.76 Å². The van der Waals surface area contributed by atoms with Crippen LogP contribution in [0.1, 0.15) is 5.76 Å². The fourth-order valence-corrected chi connectivity index (χ4v) is 2.56. The van der Waals surface area contributed by atoms with Gasteiger partial charge in [-0.2, -0.15) is 0 Å². The normalized spacial score (nSPS) is 11.3. The van der Waals surface area contributed by atoms with Crippen molar-refractivity contribution in [3.63, 3.8) is 0 Å². The predicted molar refractivity (Wildman–Crippen MR) is 78.2 cm³/mol. The first-order valence-corrected chi connectivity index (χ1v) is 7.90. The molecule has 0 amide bonds. The molecule has 0 aliphatic carbocycles. The van der Waals surface area contributed by atoms with Gasteiger partial charge in [-0.3, -0.25) is 10.1 Å². The van der Waals surface area contributed by atoms with Gasteiger partial charge in [-0.1, -0.05) is 0 Å². The maximum atomic E-state index is 11.1. The Bertz CT molecular complexity index is 787. The number of benzene rings is 1. The van der Waals surface area contributed by atoms with Gasteiger partial charge in [-0.25, -0.2) is 13.6 Å². The number of sulfonamides is 1. The molecule has 2 rings (SSSR count). The van der Waals surface area contributed by atoms with Crippen molar-refractivity contribution in [1.82, 2.24) is 0 Å². The smallest absolute Gasteiger partial charge is 0.283 e. The lowest BCUT2D eigenvalue weighted by molar-refractivity contribution is -0.385. The van der Waals surface area contributed by atoms with E-state index in [4.69, 9.17) is 9.56 Å². The van der Waals surface area contributed by atoms with E-state index in [0.717, 1.165) is 0 Å². The molecule has 112 valence electrons. The lowest BCUT2D eigenvalue weighted by Gasteiger charge is -2.05. The summed E-state index contributed by atoms with van der Waals surface area (Å²) in [6, 6.07) is 7.17. The third-order valence-corrected chi connectivity index (χ3v) is 3.94. The Morgan fingerprint density at radius 1 is 1.33 bits per heavy atom. The molecule has 0 bridgehead atoms. The van der Waals surface area contributed by atoms with Crippen LogP contribution in [0.25, 0.3) is 0 Å². The summed E-state index contributed by atoms with van der Waals surface area (Å²) in [7, 11) is -3.86. The molecule has 0 radical (unpaired) electrons. The molecule has 0 fully saturated rings. The standard InChI is InChI=1S/C11H10BrN3O5S/c12-9-5-7(1-3-10(9)15(16)17)14-6-8-2-4-11(20-8)21(13,18)19/h1-5,14H,6H2,(H2,13,18,19). The largest absolute Gasteiger partial charge is 0.446 e. The zero-order valence-electron chi connectivity index (χ0n) is 10.4. The molecule has 2 aromatic rings.